The van der Waals surface area contributed by atoms with Crippen LogP contribution < -0.4 is 5.46 Å². The van der Waals surface area contributed by atoms with Gasteiger partial charge in [-0.05, 0) is 59.1 Å². The minimum absolute atomic E-state index is 0.341. The number of rotatable bonds is 3. The summed E-state index contributed by atoms with van der Waals surface area (Å²) in [6.45, 7) is 11.6. The first kappa shape index (κ1) is 17.7. The highest BCUT2D eigenvalue weighted by molar-refractivity contribution is 6.62. The predicted molar refractivity (Wildman–Crippen MR) is 98.0 cm³/mol. The molecule has 0 unspecified atom stereocenters. The van der Waals surface area contributed by atoms with E-state index < -0.39 is 7.05 Å². The lowest BCUT2D eigenvalue weighted by molar-refractivity contribution is 0.00578. The van der Waals surface area contributed by atoms with Gasteiger partial charge in [0, 0.05) is 18.2 Å². The highest BCUT2D eigenvalue weighted by Crippen LogP contribution is 2.36. The van der Waals surface area contributed by atoms with Crippen molar-refractivity contribution < 1.29 is 14.3 Å². The first-order chi connectivity index (χ1) is 11.2. The molecule has 0 aromatic carbocycles. The van der Waals surface area contributed by atoms with Crippen LogP contribution in [-0.2, 0) is 9.31 Å². The highest BCUT2D eigenvalue weighted by Gasteiger charge is 2.51. The Balaban J connectivity index is 1.71. The van der Waals surface area contributed by atoms with Gasteiger partial charge in [0.05, 0.1) is 16.9 Å². The Hall–Kier alpha value is -1.14. The zero-order valence-corrected chi connectivity index (χ0v) is 15.2. The predicted octanol–water partition coefficient (Wildman–Crippen LogP) is 1.58. The minimum Gasteiger partial charge on any atom is -0.437 e. The molecule has 5 nitrogen and oxygen atoms in total. The second kappa shape index (κ2) is 6.30. The molecule has 7 heteroatoms. The van der Waals surface area contributed by atoms with Crippen molar-refractivity contribution in [2.75, 3.05) is 13.1 Å². The van der Waals surface area contributed by atoms with Gasteiger partial charge in [-0.15, -0.1) is 0 Å². The van der Waals surface area contributed by atoms with Gasteiger partial charge < -0.3 is 19.1 Å². The largest absolute Gasteiger partial charge is 0.496 e. The summed E-state index contributed by atoms with van der Waals surface area (Å²) in [6.07, 6.45) is 4.89. The van der Waals surface area contributed by atoms with Crippen molar-refractivity contribution in [2.45, 2.75) is 52.1 Å². The standard InChI is InChI=1S/C17H26B2N2O3/c1-16(2)17(3,4)24-19(23-16)14-6-7-15(20-12-14)13-8-10-21(11-9-13)18(5)22/h6-8,12,22H,9-11H2,1-5H3. The molecule has 1 aromatic rings. The van der Waals surface area contributed by atoms with Crippen molar-refractivity contribution in [1.29, 1.82) is 0 Å². The van der Waals surface area contributed by atoms with Crippen LogP contribution in [0.1, 0.15) is 39.8 Å². The van der Waals surface area contributed by atoms with Gasteiger partial charge in [0.1, 0.15) is 0 Å². The van der Waals surface area contributed by atoms with Crippen molar-refractivity contribution in [1.82, 2.24) is 9.79 Å². The molecule has 128 valence electrons. The van der Waals surface area contributed by atoms with Crippen LogP contribution in [0.25, 0.3) is 5.57 Å². The Morgan fingerprint density at radius 2 is 1.88 bits per heavy atom. The van der Waals surface area contributed by atoms with E-state index in [0.717, 1.165) is 30.7 Å². The van der Waals surface area contributed by atoms with Gasteiger partial charge in [0.15, 0.2) is 0 Å². The van der Waals surface area contributed by atoms with Crippen LogP contribution in [0, 0.1) is 0 Å². The Morgan fingerprint density at radius 1 is 1.21 bits per heavy atom. The van der Waals surface area contributed by atoms with Gasteiger partial charge in [-0.2, -0.15) is 0 Å². The van der Waals surface area contributed by atoms with Crippen molar-refractivity contribution in [2.24, 2.45) is 0 Å². The van der Waals surface area contributed by atoms with E-state index in [0.29, 0.717) is 0 Å². The SMILES string of the molecule is CB(O)N1CC=C(c2ccc(B3OC(C)(C)C(C)(C)O3)cn2)CC1. The second-order valence-corrected chi connectivity index (χ2v) is 7.67. The summed E-state index contributed by atoms with van der Waals surface area (Å²) in [5.74, 6) is 0. The summed E-state index contributed by atoms with van der Waals surface area (Å²) in [5.41, 5.74) is 2.48. The van der Waals surface area contributed by atoms with E-state index >= 15 is 0 Å². The number of hydrogen-bond acceptors (Lipinski definition) is 5. The fourth-order valence-corrected chi connectivity index (χ4v) is 2.97. The first-order valence-corrected chi connectivity index (χ1v) is 8.63. The maximum atomic E-state index is 9.63. The van der Waals surface area contributed by atoms with E-state index in [2.05, 4.69) is 38.8 Å². The van der Waals surface area contributed by atoms with Crippen LogP contribution in [0.15, 0.2) is 24.4 Å². The Bertz CT molecular complexity index is 613. The van der Waals surface area contributed by atoms with Crippen LogP contribution in [-0.4, -0.2) is 53.3 Å². The molecule has 0 aliphatic carbocycles. The van der Waals surface area contributed by atoms with Crippen LogP contribution in [0.4, 0.5) is 0 Å². The number of aromatic nitrogens is 1. The third kappa shape index (κ3) is 3.31. The molecule has 0 radical (unpaired) electrons. The van der Waals surface area contributed by atoms with Crippen LogP contribution in [0.5, 0.6) is 0 Å². The minimum atomic E-state index is -0.401. The van der Waals surface area contributed by atoms with E-state index in [1.807, 2.05) is 23.1 Å². The first-order valence-electron chi connectivity index (χ1n) is 8.63. The molecule has 0 atom stereocenters. The molecule has 24 heavy (non-hydrogen) atoms. The molecule has 0 spiro atoms. The van der Waals surface area contributed by atoms with Gasteiger partial charge >= 0.3 is 14.2 Å². The van der Waals surface area contributed by atoms with Gasteiger partial charge in [0.25, 0.3) is 0 Å². The maximum absolute atomic E-state index is 9.63. The van der Waals surface area contributed by atoms with E-state index in [4.69, 9.17) is 9.31 Å². The second-order valence-electron chi connectivity index (χ2n) is 7.67. The lowest BCUT2D eigenvalue weighted by Crippen LogP contribution is -2.41. The summed E-state index contributed by atoms with van der Waals surface area (Å²) < 4.78 is 12.1. The zero-order chi connectivity index (χ0) is 17.5. The van der Waals surface area contributed by atoms with Gasteiger partial charge in [0.2, 0.25) is 0 Å². The Kier molecular flexibility index (Phi) is 4.64. The van der Waals surface area contributed by atoms with E-state index in [9.17, 15) is 5.02 Å². The van der Waals surface area contributed by atoms with E-state index in [1.165, 1.54) is 5.57 Å². The summed E-state index contributed by atoms with van der Waals surface area (Å²) in [6, 6.07) is 4.07. The molecule has 2 aliphatic rings. The molecular formula is C17H26B2N2O3. The molecule has 2 aliphatic heterocycles. The number of pyridine rings is 1. The van der Waals surface area contributed by atoms with E-state index in [-0.39, 0.29) is 18.3 Å². The smallest absolute Gasteiger partial charge is 0.437 e. The van der Waals surface area contributed by atoms with Crippen molar-refractivity contribution >= 4 is 25.2 Å². The lowest BCUT2D eigenvalue weighted by Gasteiger charge is -2.32. The fraction of sp³-hybridized carbons (Fsp3) is 0.588. The number of nitrogens with zero attached hydrogens (tertiary/aromatic N) is 2. The third-order valence-electron chi connectivity index (χ3n) is 5.41. The van der Waals surface area contributed by atoms with Crippen molar-refractivity contribution in [3.05, 3.63) is 30.1 Å². The maximum Gasteiger partial charge on any atom is 0.496 e. The molecule has 1 saturated heterocycles. The zero-order valence-electron chi connectivity index (χ0n) is 15.2. The van der Waals surface area contributed by atoms with Crippen molar-refractivity contribution in [3.63, 3.8) is 0 Å². The quantitative estimate of drug-likeness (QED) is 0.854. The summed E-state index contributed by atoms with van der Waals surface area (Å²) in [4.78, 5) is 6.63. The molecule has 3 rings (SSSR count). The monoisotopic (exact) mass is 328 g/mol. The lowest BCUT2D eigenvalue weighted by atomic mass is 9.80. The third-order valence-corrected chi connectivity index (χ3v) is 5.41. The number of hydrogen-bond donors (Lipinski definition) is 1. The molecule has 0 saturated carbocycles. The molecule has 1 aromatic heterocycles. The van der Waals surface area contributed by atoms with Gasteiger partial charge in [-0.3, -0.25) is 4.98 Å². The average molecular weight is 328 g/mol. The molecule has 1 fully saturated rings. The van der Waals surface area contributed by atoms with Crippen molar-refractivity contribution in [3.8, 4) is 0 Å². The molecule has 1 N–H and O–H groups in total. The fourth-order valence-electron chi connectivity index (χ4n) is 2.97. The van der Waals surface area contributed by atoms with Crippen LogP contribution >= 0.6 is 0 Å². The molecule has 0 bridgehead atoms. The Morgan fingerprint density at radius 3 is 2.33 bits per heavy atom. The summed E-state index contributed by atoms with van der Waals surface area (Å²) >= 11 is 0. The summed E-state index contributed by atoms with van der Waals surface area (Å²) in [5, 5.41) is 9.63. The van der Waals surface area contributed by atoms with E-state index in [1.54, 1.807) is 6.82 Å². The highest BCUT2D eigenvalue weighted by atomic mass is 16.7. The molecule has 3 heterocycles. The van der Waals surface area contributed by atoms with Crippen LogP contribution in [0.3, 0.4) is 0 Å². The topological polar surface area (TPSA) is 54.8 Å². The van der Waals surface area contributed by atoms with Gasteiger partial charge in [-0.25, -0.2) is 0 Å². The normalized spacial score (nSPS) is 23.2. The molecule has 0 amide bonds. The Labute approximate surface area is 145 Å². The van der Waals surface area contributed by atoms with Crippen LogP contribution in [0.2, 0.25) is 6.82 Å². The average Bonchev–Trinajstić information content (AvgIpc) is 2.76. The molecular weight excluding hydrogens is 302 g/mol. The summed E-state index contributed by atoms with van der Waals surface area (Å²) in [7, 11) is -0.774. The van der Waals surface area contributed by atoms with Gasteiger partial charge in [-0.1, -0.05) is 12.1 Å².